The molecular formula is C15H22N2O2S. The van der Waals surface area contributed by atoms with E-state index < -0.39 is 0 Å². The molecule has 0 aromatic carbocycles. The minimum absolute atomic E-state index is 0.0660. The van der Waals surface area contributed by atoms with Crippen LogP contribution in [-0.4, -0.2) is 35.6 Å². The maximum absolute atomic E-state index is 12.2. The predicted molar refractivity (Wildman–Crippen MR) is 79.7 cm³/mol. The van der Waals surface area contributed by atoms with Gasteiger partial charge in [0.15, 0.2) is 5.17 Å². The number of carbonyl (C=O) groups is 1. The lowest BCUT2D eigenvalue weighted by Gasteiger charge is -2.24. The number of amidine groups is 1. The first-order valence-electron chi connectivity index (χ1n) is 7.92. The number of thioether (sulfide) groups is 1. The summed E-state index contributed by atoms with van der Waals surface area (Å²) >= 11 is 1.67. The van der Waals surface area contributed by atoms with E-state index in [9.17, 15) is 4.79 Å². The Labute approximate surface area is 124 Å². The quantitative estimate of drug-likeness (QED) is 0.849. The molecule has 2 saturated heterocycles. The van der Waals surface area contributed by atoms with Crippen molar-refractivity contribution in [3.05, 3.63) is 0 Å². The molecule has 4 atom stereocenters. The first-order chi connectivity index (χ1) is 9.79. The fourth-order valence-corrected chi connectivity index (χ4v) is 5.52. The number of aliphatic imine (C=N–C) groups is 1. The van der Waals surface area contributed by atoms with Crippen molar-refractivity contribution >= 4 is 22.8 Å². The lowest BCUT2D eigenvalue weighted by molar-refractivity contribution is -0.120. The number of carbonyl (C=O) groups excluding carboxylic acids is 1. The average molecular weight is 294 g/mol. The Morgan fingerprint density at radius 3 is 2.65 bits per heavy atom. The van der Waals surface area contributed by atoms with Crippen LogP contribution in [0.4, 0.5) is 0 Å². The third-order valence-electron chi connectivity index (χ3n) is 5.41. The van der Waals surface area contributed by atoms with Crippen LogP contribution in [-0.2, 0) is 9.53 Å². The molecule has 0 aromatic heterocycles. The molecule has 2 aliphatic heterocycles. The van der Waals surface area contributed by atoms with Crippen LogP contribution in [0, 0.1) is 17.8 Å². The van der Waals surface area contributed by atoms with Crippen molar-refractivity contribution in [1.82, 2.24) is 5.32 Å². The normalized spacial score (nSPS) is 43.4. The van der Waals surface area contributed by atoms with Gasteiger partial charge in [0.2, 0.25) is 5.91 Å². The van der Waals surface area contributed by atoms with Crippen LogP contribution >= 0.6 is 11.8 Å². The van der Waals surface area contributed by atoms with Crippen molar-refractivity contribution in [2.24, 2.45) is 22.7 Å². The Balaban J connectivity index is 1.42. The Morgan fingerprint density at radius 2 is 1.95 bits per heavy atom. The smallest absolute Gasteiger partial charge is 0.239 e. The number of nitrogens with one attached hydrogen (secondary N) is 1. The summed E-state index contributed by atoms with van der Waals surface area (Å²) in [6.45, 7) is 1.60. The van der Waals surface area contributed by atoms with Gasteiger partial charge >= 0.3 is 0 Å². The van der Waals surface area contributed by atoms with Gasteiger partial charge in [-0.25, -0.2) is 0 Å². The first kappa shape index (κ1) is 13.1. The van der Waals surface area contributed by atoms with Gasteiger partial charge in [-0.05, 0) is 49.9 Å². The zero-order chi connectivity index (χ0) is 13.5. The van der Waals surface area contributed by atoms with E-state index in [2.05, 4.69) is 5.32 Å². The number of nitrogens with zero attached hydrogens (tertiary/aromatic N) is 1. The second-order valence-corrected chi connectivity index (χ2v) is 7.78. The fraction of sp³-hybridized carbons (Fsp3) is 0.867. The van der Waals surface area contributed by atoms with Crippen molar-refractivity contribution in [2.45, 2.75) is 49.8 Å². The van der Waals surface area contributed by atoms with Crippen LogP contribution in [0.15, 0.2) is 4.99 Å². The van der Waals surface area contributed by atoms with E-state index >= 15 is 0 Å². The van der Waals surface area contributed by atoms with E-state index in [0.717, 1.165) is 43.1 Å². The molecule has 1 N–H and O–H groups in total. The molecule has 4 rings (SSSR count). The lowest BCUT2D eigenvalue weighted by Crippen LogP contribution is -2.33. The van der Waals surface area contributed by atoms with E-state index in [1.807, 2.05) is 0 Å². The van der Waals surface area contributed by atoms with E-state index in [-0.39, 0.29) is 11.2 Å². The molecule has 2 aliphatic carbocycles. The minimum Gasteiger partial charge on any atom is -0.381 e. The summed E-state index contributed by atoms with van der Waals surface area (Å²) in [5, 5.41) is 3.98. The summed E-state index contributed by atoms with van der Waals surface area (Å²) in [6.07, 6.45) is 7.36. The summed E-state index contributed by atoms with van der Waals surface area (Å²) in [5.74, 6) is 2.32. The largest absolute Gasteiger partial charge is 0.381 e. The summed E-state index contributed by atoms with van der Waals surface area (Å²) in [5.41, 5.74) is 0. The van der Waals surface area contributed by atoms with Crippen molar-refractivity contribution < 1.29 is 9.53 Å². The Kier molecular flexibility index (Phi) is 3.50. The van der Waals surface area contributed by atoms with E-state index in [0.29, 0.717) is 12.0 Å². The average Bonchev–Trinajstić information content (AvgIpc) is 3.16. The summed E-state index contributed by atoms with van der Waals surface area (Å²) in [6, 6.07) is 0.477. The molecule has 2 saturated carbocycles. The molecule has 1 amide bonds. The SMILES string of the molecule is O=C1NC(=N[C@H]2C[C@@H]3CC[C@H]2C3)SC1C1CCOCC1. The highest BCUT2D eigenvalue weighted by molar-refractivity contribution is 8.15. The second-order valence-electron chi connectivity index (χ2n) is 6.65. The molecule has 0 aromatic rings. The highest BCUT2D eigenvalue weighted by atomic mass is 32.2. The van der Waals surface area contributed by atoms with Gasteiger partial charge in [0, 0.05) is 13.2 Å². The predicted octanol–water partition coefficient (Wildman–Crippen LogP) is 2.19. The maximum Gasteiger partial charge on any atom is 0.239 e. The molecule has 4 nitrogen and oxygen atoms in total. The van der Waals surface area contributed by atoms with Crippen molar-refractivity contribution in [3.63, 3.8) is 0 Å². The number of rotatable bonds is 2. The molecule has 0 radical (unpaired) electrons. The monoisotopic (exact) mass is 294 g/mol. The number of hydrogen-bond acceptors (Lipinski definition) is 4. The zero-order valence-electron chi connectivity index (χ0n) is 11.7. The van der Waals surface area contributed by atoms with Gasteiger partial charge in [0.25, 0.3) is 0 Å². The van der Waals surface area contributed by atoms with Crippen LogP contribution < -0.4 is 5.32 Å². The van der Waals surface area contributed by atoms with E-state index in [1.165, 1.54) is 25.7 Å². The third kappa shape index (κ3) is 2.39. The summed E-state index contributed by atoms with van der Waals surface area (Å²) < 4.78 is 5.39. The van der Waals surface area contributed by atoms with Crippen LogP contribution in [0.1, 0.15) is 38.5 Å². The van der Waals surface area contributed by atoms with E-state index in [1.54, 1.807) is 11.8 Å². The molecule has 2 heterocycles. The van der Waals surface area contributed by atoms with Crippen LogP contribution in [0.2, 0.25) is 0 Å². The maximum atomic E-state index is 12.2. The van der Waals surface area contributed by atoms with Crippen LogP contribution in [0.5, 0.6) is 0 Å². The van der Waals surface area contributed by atoms with Gasteiger partial charge in [-0.3, -0.25) is 9.79 Å². The Morgan fingerprint density at radius 1 is 1.10 bits per heavy atom. The van der Waals surface area contributed by atoms with Crippen LogP contribution in [0.3, 0.4) is 0 Å². The molecular weight excluding hydrogens is 272 g/mol. The van der Waals surface area contributed by atoms with Crippen molar-refractivity contribution in [2.75, 3.05) is 13.2 Å². The molecule has 1 unspecified atom stereocenters. The fourth-order valence-electron chi connectivity index (χ4n) is 4.29. The first-order valence-corrected chi connectivity index (χ1v) is 8.80. The molecule has 20 heavy (non-hydrogen) atoms. The molecule has 4 fully saturated rings. The van der Waals surface area contributed by atoms with Gasteiger partial charge in [0.05, 0.1) is 11.3 Å². The minimum atomic E-state index is 0.0660. The topological polar surface area (TPSA) is 50.7 Å². The van der Waals surface area contributed by atoms with Crippen LogP contribution in [0.25, 0.3) is 0 Å². The second kappa shape index (κ2) is 5.34. The summed E-state index contributed by atoms with van der Waals surface area (Å²) in [4.78, 5) is 17.0. The standard InChI is InChI=1S/C15H22N2O2S/c18-14-13(10-3-5-19-6-4-10)20-15(17-14)16-12-8-9-1-2-11(12)7-9/h9-13H,1-8H2,(H,16,17,18)/t9-,11+,12+,13?/m1/s1. The van der Waals surface area contributed by atoms with Gasteiger partial charge in [0.1, 0.15) is 0 Å². The van der Waals surface area contributed by atoms with Crippen molar-refractivity contribution in [1.29, 1.82) is 0 Å². The molecule has 0 spiro atoms. The Hall–Kier alpha value is -0.550. The number of hydrogen-bond donors (Lipinski definition) is 1. The molecule has 5 heteroatoms. The van der Waals surface area contributed by atoms with E-state index in [4.69, 9.17) is 9.73 Å². The molecule has 110 valence electrons. The van der Waals surface area contributed by atoms with Gasteiger partial charge in [-0.15, -0.1) is 0 Å². The summed E-state index contributed by atoms with van der Waals surface area (Å²) in [7, 11) is 0. The Bertz CT molecular complexity index is 434. The van der Waals surface area contributed by atoms with Gasteiger partial charge in [-0.1, -0.05) is 18.2 Å². The van der Waals surface area contributed by atoms with Gasteiger partial charge in [-0.2, -0.15) is 0 Å². The highest BCUT2D eigenvalue weighted by Gasteiger charge is 2.42. The highest BCUT2D eigenvalue weighted by Crippen LogP contribution is 2.46. The number of amides is 1. The molecule has 4 aliphatic rings. The van der Waals surface area contributed by atoms with Crippen molar-refractivity contribution in [3.8, 4) is 0 Å². The lowest BCUT2D eigenvalue weighted by atomic mass is 9.96. The third-order valence-corrected chi connectivity index (χ3v) is 6.69. The number of ether oxygens (including phenoxy) is 1. The molecule has 2 bridgehead atoms. The van der Waals surface area contributed by atoms with Gasteiger partial charge < -0.3 is 10.1 Å². The zero-order valence-corrected chi connectivity index (χ0v) is 12.5. The number of fused-ring (bicyclic) bond motifs is 2.